The number of rotatable bonds is 4. The van der Waals surface area contributed by atoms with Crippen LogP contribution in [0.2, 0.25) is 0 Å². The van der Waals surface area contributed by atoms with E-state index in [0.717, 1.165) is 0 Å². The molecule has 0 N–H and O–H groups in total. The van der Waals surface area contributed by atoms with Crippen LogP contribution in [0.1, 0.15) is 37.3 Å². The molecule has 1 aromatic rings. The second kappa shape index (κ2) is 5.01. The summed E-state index contributed by atoms with van der Waals surface area (Å²) in [5.74, 6) is 0.599. The molecule has 0 aliphatic heterocycles. The van der Waals surface area contributed by atoms with Crippen molar-refractivity contribution >= 4 is 5.69 Å². The van der Waals surface area contributed by atoms with Crippen LogP contribution in [0.25, 0.3) is 0 Å². The first-order chi connectivity index (χ1) is 7.10. The van der Waals surface area contributed by atoms with Crippen LogP contribution in [0.3, 0.4) is 0 Å². The lowest BCUT2D eigenvalue weighted by Gasteiger charge is -2.22. The van der Waals surface area contributed by atoms with Gasteiger partial charge < -0.3 is 4.90 Å². The van der Waals surface area contributed by atoms with Crippen molar-refractivity contribution in [2.75, 3.05) is 11.9 Å². The fraction of sp³-hybridized carbons (Fsp3) is 0.429. The Morgan fingerprint density at radius 2 is 2.13 bits per heavy atom. The number of hydrogen-bond acceptors (Lipinski definition) is 1. The van der Waals surface area contributed by atoms with Gasteiger partial charge in [-0.2, -0.15) is 0 Å². The van der Waals surface area contributed by atoms with E-state index < -0.39 is 0 Å². The van der Waals surface area contributed by atoms with Gasteiger partial charge in [-0.3, -0.25) is 0 Å². The van der Waals surface area contributed by atoms with Crippen LogP contribution in [-0.4, -0.2) is 7.05 Å². The van der Waals surface area contributed by atoms with Crippen LogP contribution in [0.5, 0.6) is 0 Å². The molecule has 1 rings (SSSR count). The molecule has 1 aromatic carbocycles. The molecule has 0 aliphatic carbocycles. The van der Waals surface area contributed by atoms with E-state index in [0.29, 0.717) is 5.92 Å². The Hall–Kier alpha value is -1.24. The van der Waals surface area contributed by atoms with E-state index in [1.165, 1.54) is 23.2 Å². The zero-order chi connectivity index (χ0) is 11.4. The molecular formula is C14H21N. The molecule has 1 unspecified atom stereocenters. The predicted molar refractivity (Wildman–Crippen MR) is 68.5 cm³/mol. The SMILES string of the molecule is C=CN(C)c1ccc(C)cc1C(C)CC. The van der Waals surface area contributed by atoms with E-state index in [-0.39, 0.29) is 0 Å². The lowest BCUT2D eigenvalue weighted by atomic mass is 9.95. The highest BCUT2D eigenvalue weighted by Gasteiger charge is 2.10. The van der Waals surface area contributed by atoms with Crippen molar-refractivity contribution in [3.63, 3.8) is 0 Å². The van der Waals surface area contributed by atoms with Crippen molar-refractivity contribution in [1.82, 2.24) is 0 Å². The first-order valence-electron chi connectivity index (χ1n) is 5.56. The largest absolute Gasteiger partial charge is 0.351 e. The van der Waals surface area contributed by atoms with Crippen LogP contribution in [0.15, 0.2) is 31.0 Å². The summed E-state index contributed by atoms with van der Waals surface area (Å²) >= 11 is 0. The molecule has 1 heteroatoms. The van der Waals surface area contributed by atoms with E-state index in [1.54, 1.807) is 0 Å². The molecule has 0 amide bonds. The van der Waals surface area contributed by atoms with E-state index >= 15 is 0 Å². The van der Waals surface area contributed by atoms with E-state index in [9.17, 15) is 0 Å². The van der Waals surface area contributed by atoms with Crippen molar-refractivity contribution < 1.29 is 0 Å². The van der Waals surface area contributed by atoms with Crippen molar-refractivity contribution in [2.24, 2.45) is 0 Å². The van der Waals surface area contributed by atoms with Gasteiger partial charge in [-0.25, -0.2) is 0 Å². The zero-order valence-electron chi connectivity index (χ0n) is 10.2. The Morgan fingerprint density at radius 1 is 1.47 bits per heavy atom. The number of hydrogen-bond donors (Lipinski definition) is 0. The Kier molecular flexibility index (Phi) is 3.96. The van der Waals surface area contributed by atoms with Gasteiger partial charge in [0.1, 0.15) is 0 Å². The van der Waals surface area contributed by atoms with Gasteiger partial charge >= 0.3 is 0 Å². The van der Waals surface area contributed by atoms with E-state index in [1.807, 2.05) is 13.2 Å². The van der Waals surface area contributed by atoms with Gasteiger partial charge in [-0.15, -0.1) is 0 Å². The average Bonchev–Trinajstić information content (AvgIpc) is 2.26. The highest BCUT2D eigenvalue weighted by atomic mass is 15.1. The summed E-state index contributed by atoms with van der Waals surface area (Å²) in [6.07, 6.45) is 3.03. The van der Waals surface area contributed by atoms with E-state index in [2.05, 4.69) is 50.4 Å². The highest BCUT2D eigenvalue weighted by molar-refractivity contribution is 5.57. The summed E-state index contributed by atoms with van der Waals surface area (Å²) in [4.78, 5) is 2.08. The average molecular weight is 203 g/mol. The molecule has 0 saturated carbocycles. The van der Waals surface area contributed by atoms with E-state index in [4.69, 9.17) is 0 Å². The maximum atomic E-state index is 3.81. The van der Waals surface area contributed by atoms with Crippen molar-refractivity contribution in [2.45, 2.75) is 33.1 Å². The van der Waals surface area contributed by atoms with Gasteiger partial charge in [-0.05, 0) is 37.1 Å². The van der Waals surface area contributed by atoms with Crippen LogP contribution < -0.4 is 4.90 Å². The summed E-state index contributed by atoms with van der Waals surface area (Å²) in [5, 5.41) is 0. The minimum Gasteiger partial charge on any atom is -0.351 e. The van der Waals surface area contributed by atoms with Gasteiger partial charge in [0.15, 0.2) is 0 Å². The highest BCUT2D eigenvalue weighted by Crippen LogP contribution is 2.30. The van der Waals surface area contributed by atoms with Crippen LogP contribution in [0.4, 0.5) is 5.69 Å². The Balaban J connectivity index is 3.19. The zero-order valence-corrected chi connectivity index (χ0v) is 10.2. The lowest BCUT2D eigenvalue weighted by Crippen LogP contribution is -2.11. The maximum Gasteiger partial charge on any atom is 0.0438 e. The Bertz CT molecular complexity index is 341. The minimum atomic E-state index is 0.599. The summed E-state index contributed by atoms with van der Waals surface area (Å²) in [6, 6.07) is 6.61. The van der Waals surface area contributed by atoms with Gasteiger partial charge in [0.25, 0.3) is 0 Å². The fourth-order valence-electron chi connectivity index (χ4n) is 1.71. The molecule has 0 heterocycles. The first-order valence-corrected chi connectivity index (χ1v) is 5.56. The molecule has 0 spiro atoms. The third-order valence-electron chi connectivity index (χ3n) is 2.98. The van der Waals surface area contributed by atoms with Gasteiger partial charge in [-0.1, -0.05) is 38.1 Å². The number of benzene rings is 1. The number of aryl methyl sites for hydroxylation is 1. The molecule has 15 heavy (non-hydrogen) atoms. The molecule has 0 saturated heterocycles. The lowest BCUT2D eigenvalue weighted by molar-refractivity contribution is 0.731. The monoisotopic (exact) mass is 203 g/mol. The smallest absolute Gasteiger partial charge is 0.0438 e. The summed E-state index contributed by atoms with van der Waals surface area (Å²) in [6.45, 7) is 10.5. The molecule has 0 bridgehead atoms. The van der Waals surface area contributed by atoms with Gasteiger partial charge in [0.2, 0.25) is 0 Å². The predicted octanol–water partition coefficient (Wildman–Crippen LogP) is 4.09. The molecule has 0 aromatic heterocycles. The molecule has 0 radical (unpaired) electrons. The normalized spacial score (nSPS) is 12.3. The maximum absolute atomic E-state index is 3.81. The van der Waals surface area contributed by atoms with Gasteiger partial charge in [0.05, 0.1) is 0 Å². The second-order valence-electron chi connectivity index (χ2n) is 4.17. The van der Waals surface area contributed by atoms with Crippen molar-refractivity contribution in [3.8, 4) is 0 Å². The third-order valence-corrected chi connectivity index (χ3v) is 2.98. The second-order valence-corrected chi connectivity index (χ2v) is 4.17. The minimum absolute atomic E-state index is 0.599. The third kappa shape index (κ3) is 2.62. The Labute approximate surface area is 93.4 Å². The quantitative estimate of drug-likeness (QED) is 0.712. The number of anilines is 1. The molecule has 1 atom stereocenters. The first kappa shape index (κ1) is 11.8. The van der Waals surface area contributed by atoms with Gasteiger partial charge in [0, 0.05) is 12.7 Å². The molecule has 82 valence electrons. The van der Waals surface area contributed by atoms with Crippen molar-refractivity contribution in [3.05, 3.63) is 42.1 Å². The number of nitrogens with zero attached hydrogens (tertiary/aromatic N) is 1. The molecule has 0 aliphatic rings. The standard InChI is InChI=1S/C14H21N/c1-6-12(4)13-10-11(3)8-9-14(13)15(5)7-2/h7-10,12H,2,6H2,1,3-5H3. The van der Waals surface area contributed by atoms with Crippen LogP contribution in [0, 0.1) is 6.92 Å². The molecule has 0 fully saturated rings. The summed E-state index contributed by atoms with van der Waals surface area (Å²) in [5.41, 5.74) is 4.01. The Morgan fingerprint density at radius 3 is 2.67 bits per heavy atom. The van der Waals surface area contributed by atoms with Crippen LogP contribution in [-0.2, 0) is 0 Å². The topological polar surface area (TPSA) is 3.24 Å². The molecular weight excluding hydrogens is 182 g/mol. The molecule has 1 nitrogen and oxygen atoms in total. The summed E-state index contributed by atoms with van der Waals surface area (Å²) in [7, 11) is 2.05. The summed E-state index contributed by atoms with van der Waals surface area (Å²) < 4.78 is 0. The van der Waals surface area contributed by atoms with Crippen LogP contribution >= 0.6 is 0 Å². The van der Waals surface area contributed by atoms with Crippen molar-refractivity contribution in [1.29, 1.82) is 0 Å². The fourth-order valence-corrected chi connectivity index (χ4v) is 1.71.